The van der Waals surface area contributed by atoms with Crippen molar-refractivity contribution in [3.63, 3.8) is 0 Å². The molecule has 0 bridgehead atoms. The summed E-state index contributed by atoms with van der Waals surface area (Å²) in [5.41, 5.74) is 2.15. The number of nitrogens with one attached hydrogen (secondary N) is 1. The molecule has 0 aromatic heterocycles. The summed E-state index contributed by atoms with van der Waals surface area (Å²) in [6, 6.07) is 15.8. The number of nitrogens with zero attached hydrogens (tertiary/aromatic N) is 1. The molecule has 6 nitrogen and oxygen atoms in total. The molecule has 1 fully saturated rings. The SMILES string of the molecule is COc1cccc([C@H](C)NC[C@@H]2CN([C@@H](C)c3cccc(OC)c3)C(=O)O2)c1. The van der Waals surface area contributed by atoms with Crippen molar-refractivity contribution < 1.29 is 19.0 Å². The number of hydrogen-bond donors (Lipinski definition) is 1. The van der Waals surface area contributed by atoms with E-state index >= 15 is 0 Å². The quantitative estimate of drug-likeness (QED) is 0.747. The van der Waals surface area contributed by atoms with Gasteiger partial charge < -0.3 is 19.5 Å². The molecule has 1 aliphatic rings. The Balaban J connectivity index is 1.58. The molecule has 2 aromatic rings. The van der Waals surface area contributed by atoms with Gasteiger partial charge in [0, 0.05) is 12.6 Å². The molecule has 1 saturated heterocycles. The van der Waals surface area contributed by atoms with Crippen LogP contribution in [0.15, 0.2) is 48.5 Å². The van der Waals surface area contributed by atoms with Gasteiger partial charge in [0.1, 0.15) is 17.6 Å². The lowest BCUT2D eigenvalue weighted by molar-refractivity contribution is 0.127. The molecule has 0 radical (unpaired) electrons. The maximum atomic E-state index is 12.4. The van der Waals surface area contributed by atoms with Gasteiger partial charge in [-0.15, -0.1) is 0 Å². The van der Waals surface area contributed by atoms with Crippen LogP contribution in [0.1, 0.15) is 37.1 Å². The number of cyclic esters (lactones) is 1. The van der Waals surface area contributed by atoms with Gasteiger partial charge in [-0.3, -0.25) is 4.90 Å². The molecule has 0 unspecified atom stereocenters. The Bertz CT molecular complexity index is 811. The van der Waals surface area contributed by atoms with Crippen LogP contribution in [0.5, 0.6) is 11.5 Å². The summed E-state index contributed by atoms with van der Waals surface area (Å²) in [7, 11) is 3.30. The second kappa shape index (κ2) is 8.97. The fourth-order valence-electron chi connectivity index (χ4n) is 3.38. The molecule has 6 heteroatoms. The van der Waals surface area contributed by atoms with Crippen LogP contribution in [-0.2, 0) is 4.74 Å². The van der Waals surface area contributed by atoms with E-state index in [2.05, 4.69) is 18.3 Å². The Morgan fingerprint density at radius 1 is 1.07 bits per heavy atom. The van der Waals surface area contributed by atoms with Crippen LogP contribution in [0.25, 0.3) is 0 Å². The lowest BCUT2D eigenvalue weighted by Gasteiger charge is -2.23. The van der Waals surface area contributed by atoms with E-state index < -0.39 is 0 Å². The maximum Gasteiger partial charge on any atom is 0.410 e. The van der Waals surface area contributed by atoms with E-state index in [9.17, 15) is 4.79 Å². The van der Waals surface area contributed by atoms with Crippen LogP contribution in [-0.4, -0.2) is 44.4 Å². The van der Waals surface area contributed by atoms with Gasteiger partial charge in [-0.2, -0.15) is 0 Å². The van der Waals surface area contributed by atoms with Gasteiger partial charge in [-0.1, -0.05) is 24.3 Å². The molecule has 0 saturated carbocycles. The summed E-state index contributed by atoms with van der Waals surface area (Å²) in [5, 5.41) is 3.45. The smallest absolute Gasteiger partial charge is 0.410 e. The number of carbonyl (C=O) groups excluding carboxylic acids is 1. The molecule has 3 rings (SSSR count). The number of carbonyl (C=O) groups is 1. The average molecular weight is 384 g/mol. The summed E-state index contributed by atoms with van der Waals surface area (Å²) >= 11 is 0. The summed E-state index contributed by atoms with van der Waals surface area (Å²) in [6.45, 7) is 5.23. The van der Waals surface area contributed by atoms with Crippen molar-refractivity contribution in [2.75, 3.05) is 27.3 Å². The van der Waals surface area contributed by atoms with Gasteiger partial charge in [0.05, 0.1) is 26.8 Å². The van der Waals surface area contributed by atoms with Crippen molar-refractivity contribution >= 4 is 6.09 Å². The molecule has 3 atom stereocenters. The van der Waals surface area contributed by atoms with Crippen molar-refractivity contribution in [2.45, 2.75) is 32.0 Å². The molecule has 28 heavy (non-hydrogen) atoms. The highest BCUT2D eigenvalue weighted by atomic mass is 16.6. The van der Waals surface area contributed by atoms with Gasteiger partial charge in [-0.05, 0) is 49.2 Å². The molecule has 1 aliphatic heterocycles. The van der Waals surface area contributed by atoms with Gasteiger partial charge in [0.2, 0.25) is 0 Å². The number of benzene rings is 2. The Hall–Kier alpha value is -2.73. The molecule has 0 aliphatic carbocycles. The van der Waals surface area contributed by atoms with Crippen molar-refractivity contribution in [1.29, 1.82) is 0 Å². The molecular formula is C22H28N2O4. The van der Waals surface area contributed by atoms with Crippen LogP contribution < -0.4 is 14.8 Å². The highest BCUT2D eigenvalue weighted by Gasteiger charge is 2.35. The number of rotatable bonds is 8. The number of hydrogen-bond acceptors (Lipinski definition) is 5. The monoisotopic (exact) mass is 384 g/mol. The molecule has 2 aromatic carbocycles. The van der Waals surface area contributed by atoms with Crippen molar-refractivity contribution in [1.82, 2.24) is 10.2 Å². The molecule has 1 N–H and O–H groups in total. The topological polar surface area (TPSA) is 60.0 Å². The Morgan fingerprint density at radius 2 is 1.68 bits per heavy atom. The molecule has 0 spiro atoms. The predicted octanol–water partition coefficient (Wildman–Crippen LogP) is 3.94. The second-order valence-electron chi connectivity index (χ2n) is 7.02. The standard InChI is InChI=1S/C22H28N2O4/c1-15(17-7-5-9-19(11-17)26-3)23-13-21-14-24(22(25)28-21)16(2)18-8-6-10-20(12-18)27-4/h5-12,15-16,21,23H,13-14H2,1-4H3/t15-,16-,21+/m0/s1. The molecule has 150 valence electrons. The number of methoxy groups -OCH3 is 2. The van der Waals surface area contributed by atoms with E-state index in [1.807, 2.05) is 49.4 Å². The summed E-state index contributed by atoms with van der Waals surface area (Å²) < 4.78 is 16.1. The summed E-state index contributed by atoms with van der Waals surface area (Å²) in [6.07, 6.45) is -0.468. The van der Waals surface area contributed by atoms with E-state index in [4.69, 9.17) is 14.2 Å². The minimum atomic E-state index is -0.281. The van der Waals surface area contributed by atoms with Gasteiger partial charge >= 0.3 is 6.09 Å². The number of ether oxygens (including phenoxy) is 3. The lowest BCUT2D eigenvalue weighted by Crippen LogP contribution is -2.33. The van der Waals surface area contributed by atoms with Crippen LogP contribution in [0.4, 0.5) is 4.79 Å². The van der Waals surface area contributed by atoms with Crippen molar-refractivity contribution in [3.05, 3.63) is 59.7 Å². The minimum Gasteiger partial charge on any atom is -0.497 e. The first-order valence-electron chi connectivity index (χ1n) is 9.50. The zero-order valence-electron chi connectivity index (χ0n) is 16.8. The van der Waals surface area contributed by atoms with Crippen molar-refractivity contribution in [2.24, 2.45) is 0 Å². The first kappa shape index (κ1) is 20.0. The fourth-order valence-corrected chi connectivity index (χ4v) is 3.38. The largest absolute Gasteiger partial charge is 0.497 e. The van der Waals surface area contributed by atoms with Gasteiger partial charge in [0.25, 0.3) is 0 Å². The fraction of sp³-hybridized carbons (Fsp3) is 0.409. The van der Waals surface area contributed by atoms with E-state index in [0.717, 1.165) is 22.6 Å². The van der Waals surface area contributed by atoms with Crippen molar-refractivity contribution in [3.8, 4) is 11.5 Å². The van der Waals surface area contributed by atoms with Crippen LogP contribution in [0.2, 0.25) is 0 Å². The lowest BCUT2D eigenvalue weighted by atomic mass is 10.1. The first-order valence-corrected chi connectivity index (χ1v) is 9.50. The first-order chi connectivity index (χ1) is 13.5. The van der Waals surface area contributed by atoms with Gasteiger partial charge in [0.15, 0.2) is 0 Å². The summed E-state index contributed by atoms with van der Waals surface area (Å²) in [4.78, 5) is 14.1. The molecular weight excluding hydrogens is 356 g/mol. The minimum absolute atomic E-state index is 0.0802. The van der Waals surface area contributed by atoms with Crippen LogP contribution in [0.3, 0.4) is 0 Å². The Labute approximate surface area is 166 Å². The molecule has 1 heterocycles. The second-order valence-corrected chi connectivity index (χ2v) is 7.02. The number of amides is 1. The maximum absolute atomic E-state index is 12.4. The average Bonchev–Trinajstić information content (AvgIpc) is 3.11. The zero-order valence-corrected chi connectivity index (χ0v) is 16.8. The van der Waals surface area contributed by atoms with E-state index in [0.29, 0.717) is 13.1 Å². The van der Waals surface area contributed by atoms with Crippen LogP contribution in [0, 0.1) is 0 Å². The molecule has 1 amide bonds. The van der Waals surface area contributed by atoms with E-state index in [1.165, 1.54) is 0 Å². The Morgan fingerprint density at radius 3 is 2.32 bits per heavy atom. The van der Waals surface area contributed by atoms with Crippen LogP contribution >= 0.6 is 0 Å². The van der Waals surface area contributed by atoms with E-state index in [-0.39, 0.29) is 24.3 Å². The highest BCUT2D eigenvalue weighted by molar-refractivity contribution is 5.70. The van der Waals surface area contributed by atoms with Gasteiger partial charge in [-0.25, -0.2) is 4.79 Å². The Kier molecular flexibility index (Phi) is 6.41. The third kappa shape index (κ3) is 4.57. The van der Waals surface area contributed by atoms with E-state index in [1.54, 1.807) is 19.1 Å². The normalized spacial score (nSPS) is 18.5. The third-order valence-electron chi connectivity index (χ3n) is 5.19. The third-order valence-corrected chi connectivity index (χ3v) is 5.19. The highest BCUT2D eigenvalue weighted by Crippen LogP contribution is 2.28. The predicted molar refractivity (Wildman–Crippen MR) is 108 cm³/mol. The summed E-state index contributed by atoms with van der Waals surface area (Å²) in [5.74, 6) is 1.61. The zero-order chi connectivity index (χ0) is 20.1.